The summed E-state index contributed by atoms with van der Waals surface area (Å²) in [4.78, 5) is 27.1. The number of urea groups is 1. The number of rotatable bonds is 2. The third kappa shape index (κ3) is 2.03. The van der Waals surface area contributed by atoms with Crippen LogP contribution < -0.4 is 0 Å². The molecule has 1 aromatic carbocycles. The minimum absolute atomic E-state index is 0.224. The van der Waals surface area contributed by atoms with Crippen molar-refractivity contribution in [2.75, 3.05) is 13.7 Å². The zero-order valence-corrected chi connectivity index (χ0v) is 13.4. The molecule has 8 heteroatoms. The van der Waals surface area contributed by atoms with Crippen molar-refractivity contribution in [3.63, 3.8) is 0 Å². The largest absolute Gasteiger partial charge is 0.467 e. The van der Waals surface area contributed by atoms with Crippen molar-refractivity contribution in [2.24, 2.45) is 0 Å². The van der Waals surface area contributed by atoms with E-state index in [2.05, 4.69) is 0 Å². The Morgan fingerprint density at radius 1 is 1.38 bits per heavy atom. The van der Waals surface area contributed by atoms with Crippen LogP contribution in [0.1, 0.15) is 22.5 Å². The fourth-order valence-electron chi connectivity index (χ4n) is 3.19. The molecule has 2 aliphatic rings. The lowest BCUT2D eigenvalue weighted by atomic mass is 9.98. The van der Waals surface area contributed by atoms with Gasteiger partial charge in [-0.2, -0.15) is 5.06 Å². The molecular formula is C16H13FN2O4S. The lowest BCUT2D eigenvalue weighted by Gasteiger charge is -2.28. The van der Waals surface area contributed by atoms with Gasteiger partial charge in [-0.15, -0.1) is 11.3 Å². The highest BCUT2D eigenvalue weighted by Gasteiger charge is 2.51. The Hall–Kier alpha value is -2.45. The standard InChI is InChI=1S/C16H13FN2O4S/c1-23-15(20)13-14-10(11-7-18(13)16(21)19(11)22)6-12(24-14)8-2-4-9(17)5-3-8/h2-6,11,13,22H,7H2,1H3. The van der Waals surface area contributed by atoms with Crippen molar-refractivity contribution in [1.82, 2.24) is 9.96 Å². The second kappa shape index (κ2) is 5.29. The van der Waals surface area contributed by atoms with E-state index in [1.165, 1.54) is 35.5 Å². The SMILES string of the molecule is COC(=O)C1c2sc(-c3ccc(F)cc3)cc2C2CN1C(=O)N2O. The van der Waals surface area contributed by atoms with Crippen molar-refractivity contribution < 1.29 is 23.9 Å². The predicted molar refractivity (Wildman–Crippen MR) is 82.9 cm³/mol. The number of benzene rings is 1. The number of carbonyl (C=O) groups is 2. The molecular weight excluding hydrogens is 335 g/mol. The fraction of sp³-hybridized carbons (Fsp3) is 0.250. The highest BCUT2D eigenvalue weighted by atomic mass is 32.1. The zero-order chi connectivity index (χ0) is 17.0. The van der Waals surface area contributed by atoms with Gasteiger partial charge in [0.2, 0.25) is 0 Å². The summed E-state index contributed by atoms with van der Waals surface area (Å²) in [7, 11) is 1.26. The topological polar surface area (TPSA) is 70.1 Å². The number of carbonyl (C=O) groups excluding carboxylic acids is 2. The maximum absolute atomic E-state index is 13.1. The van der Waals surface area contributed by atoms with Gasteiger partial charge in [-0.3, -0.25) is 5.21 Å². The van der Waals surface area contributed by atoms with Gasteiger partial charge in [0, 0.05) is 9.75 Å². The molecule has 2 aliphatic heterocycles. The quantitative estimate of drug-likeness (QED) is 0.669. The number of methoxy groups -OCH3 is 1. The van der Waals surface area contributed by atoms with Gasteiger partial charge in [0.25, 0.3) is 0 Å². The van der Waals surface area contributed by atoms with Gasteiger partial charge in [-0.25, -0.2) is 14.0 Å². The van der Waals surface area contributed by atoms with E-state index < -0.39 is 24.1 Å². The van der Waals surface area contributed by atoms with Crippen LogP contribution in [0.15, 0.2) is 30.3 Å². The number of hydrogen-bond donors (Lipinski definition) is 1. The van der Waals surface area contributed by atoms with Crippen molar-refractivity contribution in [2.45, 2.75) is 12.1 Å². The van der Waals surface area contributed by atoms with E-state index in [4.69, 9.17) is 4.74 Å². The molecule has 2 bridgehead atoms. The van der Waals surface area contributed by atoms with Gasteiger partial charge >= 0.3 is 12.0 Å². The Kier molecular flexibility index (Phi) is 3.33. The molecule has 0 saturated carbocycles. The summed E-state index contributed by atoms with van der Waals surface area (Å²) in [6.45, 7) is 0.224. The number of ether oxygens (including phenoxy) is 1. The molecule has 0 aliphatic carbocycles. The normalized spacial score (nSPS) is 21.9. The lowest BCUT2D eigenvalue weighted by Crippen LogP contribution is -2.38. The monoisotopic (exact) mass is 348 g/mol. The van der Waals surface area contributed by atoms with E-state index in [9.17, 15) is 19.2 Å². The molecule has 1 fully saturated rings. The summed E-state index contributed by atoms with van der Waals surface area (Å²) in [5, 5.41) is 10.7. The Labute approximate surface area is 140 Å². The molecule has 4 rings (SSSR count). The number of esters is 1. The summed E-state index contributed by atoms with van der Waals surface area (Å²) < 4.78 is 18.0. The molecule has 6 nitrogen and oxygen atoms in total. The van der Waals surface area contributed by atoms with E-state index in [1.807, 2.05) is 6.07 Å². The molecule has 0 radical (unpaired) electrons. The number of thiophene rings is 1. The third-order valence-corrected chi connectivity index (χ3v) is 5.62. The molecule has 2 atom stereocenters. The lowest BCUT2D eigenvalue weighted by molar-refractivity contribution is -0.146. The molecule has 0 spiro atoms. The average molecular weight is 348 g/mol. The molecule has 1 aromatic heterocycles. The fourth-order valence-corrected chi connectivity index (χ4v) is 4.51. The van der Waals surface area contributed by atoms with Crippen LogP contribution in [0.3, 0.4) is 0 Å². The summed E-state index contributed by atoms with van der Waals surface area (Å²) in [6.07, 6.45) is 0. The first-order valence-corrected chi connectivity index (χ1v) is 8.09. The summed E-state index contributed by atoms with van der Waals surface area (Å²) in [5.41, 5.74) is 1.53. The minimum atomic E-state index is -0.870. The predicted octanol–water partition coefficient (Wildman–Crippen LogP) is 2.95. The number of nitrogens with zero attached hydrogens (tertiary/aromatic N) is 2. The Morgan fingerprint density at radius 2 is 2.08 bits per heavy atom. The van der Waals surface area contributed by atoms with Gasteiger partial charge in [0.05, 0.1) is 13.7 Å². The molecule has 1 N–H and O–H groups in total. The van der Waals surface area contributed by atoms with Crippen LogP contribution in [0.5, 0.6) is 0 Å². The number of fused-ring (bicyclic) bond motifs is 4. The smallest absolute Gasteiger partial charge is 0.345 e. The molecule has 2 aromatic rings. The van der Waals surface area contributed by atoms with Gasteiger partial charge in [0.15, 0.2) is 6.04 Å². The molecule has 2 amide bonds. The molecule has 1 saturated heterocycles. The Morgan fingerprint density at radius 3 is 2.75 bits per heavy atom. The molecule has 24 heavy (non-hydrogen) atoms. The van der Waals surface area contributed by atoms with Crippen LogP contribution in [-0.4, -0.2) is 40.8 Å². The number of hydrogen-bond acceptors (Lipinski definition) is 5. The van der Waals surface area contributed by atoms with Crippen LogP contribution in [0, 0.1) is 5.82 Å². The van der Waals surface area contributed by atoms with Crippen molar-refractivity contribution in [3.05, 3.63) is 46.6 Å². The van der Waals surface area contributed by atoms with Gasteiger partial charge in [-0.05, 0) is 29.3 Å². The van der Waals surface area contributed by atoms with Crippen LogP contribution in [0.25, 0.3) is 10.4 Å². The Bertz CT molecular complexity index is 835. The van der Waals surface area contributed by atoms with E-state index in [0.29, 0.717) is 9.94 Å². The van der Waals surface area contributed by atoms with Crippen molar-refractivity contribution in [1.29, 1.82) is 0 Å². The molecule has 124 valence electrons. The number of amides is 2. The van der Waals surface area contributed by atoms with Crippen LogP contribution in [0.2, 0.25) is 0 Å². The highest BCUT2D eigenvalue weighted by Crippen LogP contribution is 2.49. The first kappa shape index (κ1) is 15.1. The van der Waals surface area contributed by atoms with Gasteiger partial charge in [0.1, 0.15) is 11.9 Å². The molecule has 2 unspecified atom stereocenters. The van der Waals surface area contributed by atoms with Crippen molar-refractivity contribution >= 4 is 23.3 Å². The summed E-state index contributed by atoms with van der Waals surface area (Å²) in [5.74, 6) is -0.879. The van der Waals surface area contributed by atoms with Crippen molar-refractivity contribution in [3.8, 4) is 10.4 Å². The average Bonchev–Trinajstić information content (AvgIpc) is 3.12. The second-order valence-electron chi connectivity index (χ2n) is 5.66. The van der Waals surface area contributed by atoms with E-state index in [-0.39, 0.29) is 12.4 Å². The first-order valence-electron chi connectivity index (χ1n) is 7.27. The first-order chi connectivity index (χ1) is 11.5. The van der Waals surface area contributed by atoms with E-state index >= 15 is 0 Å². The van der Waals surface area contributed by atoms with Crippen LogP contribution in [-0.2, 0) is 9.53 Å². The highest BCUT2D eigenvalue weighted by molar-refractivity contribution is 7.15. The minimum Gasteiger partial charge on any atom is -0.467 e. The summed E-state index contributed by atoms with van der Waals surface area (Å²) >= 11 is 1.34. The van der Waals surface area contributed by atoms with Gasteiger partial charge in [-0.1, -0.05) is 12.1 Å². The van der Waals surface area contributed by atoms with E-state index in [1.54, 1.807) is 12.1 Å². The maximum Gasteiger partial charge on any atom is 0.345 e. The zero-order valence-electron chi connectivity index (χ0n) is 12.6. The Balaban J connectivity index is 1.84. The molecule has 3 heterocycles. The second-order valence-corrected chi connectivity index (χ2v) is 6.74. The van der Waals surface area contributed by atoms with E-state index in [0.717, 1.165) is 16.0 Å². The number of hydroxylamine groups is 2. The van der Waals surface area contributed by atoms with Gasteiger partial charge < -0.3 is 9.64 Å². The number of halogens is 1. The summed E-state index contributed by atoms with van der Waals surface area (Å²) in [6, 6.07) is 5.88. The van der Waals surface area contributed by atoms with Crippen LogP contribution >= 0.6 is 11.3 Å². The third-order valence-electron chi connectivity index (χ3n) is 4.37. The maximum atomic E-state index is 13.1. The van der Waals surface area contributed by atoms with Crippen LogP contribution in [0.4, 0.5) is 9.18 Å².